The number of rotatable bonds is 4. The molecule has 0 spiro atoms. The second kappa shape index (κ2) is 5.88. The van der Waals surface area contributed by atoms with Gasteiger partial charge in [-0.3, -0.25) is 9.59 Å². The summed E-state index contributed by atoms with van der Waals surface area (Å²) < 4.78 is 0. The molecule has 12 heavy (non-hydrogen) atoms. The van der Waals surface area contributed by atoms with Crippen molar-refractivity contribution in [1.29, 1.82) is 0 Å². The van der Waals surface area contributed by atoms with Crippen molar-refractivity contribution in [2.75, 3.05) is 19.1 Å². The van der Waals surface area contributed by atoms with E-state index in [0.29, 0.717) is 5.75 Å². The van der Waals surface area contributed by atoms with Crippen LogP contribution in [0.2, 0.25) is 0 Å². The summed E-state index contributed by atoms with van der Waals surface area (Å²) in [4.78, 5) is 21.7. The molecule has 4 nitrogen and oxygen atoms in total. The van der Waals surface area contributed by atoms with Gasteiger partial charge in [-0.05, 0) is 6.26 Å². The first-order valence-electron chi connectivity index (χ1n) is 3.59. The van der Waals surface area contributed by atoms with Crippen molar-refractivity contribution in [3.05, 3.63) is 0 Å². The van der Waals surface area contributed by atoms with Crippen LogP contribution in [-0.2, 0) is 9.59 Å². The number of hydrogen-bond acceptors (Lipinski definition) is 3. The van der Waals surface area contributed by atoms with Gasteiger partial charge in [-0.1, -0.05) is 0 Å². The fourth-order valence-corrected chi connectivity index (χ4v) is 1.34. The molecule has 0 heterocycles. The van der Waals surface area contributed by atoms with Crippen molar-refractivity contribution in [3.63, 3.8) is 0 Å². The molecular weight excluding hydrogens is 176 g/mol. The van der Waals surface area contributed by atoms with E-state index in [1.165, 1.54) is 18.7 Å². The molecule has 0 fully saturated rings. The Balaban J connectivity index is 4.02. The van der Waals surface area contributed by atoms with Crippen LogP contribution in [0.25, 0.3) is 0 Å². The maximum absolute atomic E-state index is 11.1. The molecule has 0 radical (unpaired) electrons. The third kappa shape index (κ3) is 4.23. The first-order chi connectivity index (χ1) is 5.61. The van der Waals surface area contributed by atoms with Crippen molar-refractivity contribution < 1.29 is 9.59 Å². The number of carbonyl (C=O) groups is 2. The molecule has 2 N–H and O–H groups in total. The molecule has 0 rings (SSSR count). The molecule has 0 saturated heterocycles. The monoisotopic (exact) mass is 190 g/mol. The lowest BCUT2D eigenvalue weighted by atomic mass is 10.3. The van der Waals surface area contributed by atoms with Gasteiger partial charge in [-0.25, -0.2) is 0 Å². The summed E-state index contributed by atoms with van der Waals surface area (Å²) in [6.07, 6.45) is 1.89. The maximum atomic E-state index is 11.1. The highest BCUT2D eigenvalue weighted by molar-refractivity contribution is 7.98. The van der Waals surface area contributed by atoms with Crippen LogP contribution < -0.4 is 10.6 Å². The summed E-state index contributed by atoms with van der Waals surface area (Å²) in [5.74, 6) is 0.261. The Bertz CT molecular complexity index is 173. The van der Waals surface area contributed by atoms with Gasteiger partial charge in [0.1, 0.15) is 6.04 Å². The maximum Gasteiger partial charge on any atom is 0.243 e. The molecule has 0 aromatic carbocycles. The standard InChI is InChI=1S/C7H14N2O2S/c1-5(10)9-6(4-12-3)7(11)8-2/h6H,4H2,1-3H3,(H,8,11)(H,9,10)/t6-/m0/s1. The zero-order chi connectivity index (χ0) is 9.56. The molecule has 1 atom stereocenters. The van der Waals surface area contributed by atoms with Crippen LogP contribution in [0, 0.1) is 0 Å². The van der Waals surface area contributed by atoms with Crippen LogP contribution in [0.15, 0.2) is 0 Å². The Labute approximate surface area is 76.5 Å². The second-order valence-electron chi connectivity index (χ2n) is 2.32. The number of likely N-dealkylation sites (N-methyl/N-ethyl adjacent to an activating group) is 1. The van der Waals surface area contributed by atoms with Gasteiger partial charge in [0.2, 0.25) is 11.8 Å². The van der Waals surface area contributed by atoms with Crippen LogP contribution in [0.1, 0.15) is 6.92 Å². The quantitative estimate of drug-likeness (QED) is 0.634. The molecule has 0 unspecified atom stereocenters. The molecule has 0 saturated carbocycles. The number of hydrogen-bond donors (Lipinski definition) is 2. The minimum atomic E-state index is -0.414. The van der Waals surface area contributed by atoms with Gasteiger partial charge < -0.3 is 10.6 Å². The minimum absolute atomic E-state index is 0.153. The van der Waals surface area contributed by atoms with Crippen molar-refractivity contribution in [1.82, 2.24) is 10.6 Å². The first-order valence-corrected chi connectivity index (χ1v) is 4.98. The fraction of sp³-hybridized carbons (Fsp3) is 0.714. The third-order valence-electron chi connectivity index (χ3n) is 1.27. The van der Waals surface area contributed by atoms with Crippen LogP contribution >= 0.6 is 11.8 Å². The van der Waals surface area contributed by atoms with Gasteiger partial charge in [-0.2, -0.15) is 11.8 Å². The highest BCUT2D eigenvalue weighted by Crippen LogP contribution is 1.97. The summed E-state index contributed by atoms with van der Waals surface area (Å²) in [6, 6.07) is -0.414. The third-order valence-corrected chi connectivity index (χ3v) is 1.94. The van der Waals surface area contributed by atoms with Gasteiger partial charge in [-0.15, -0.1) is 0 Å². The van der Waals surface area contributed by atoms with Crippen molar-refractivity contribution >= 4 is 23.6 Å². The molecule has 2 amide bonds. The number of thioether (sulfide) groups is 1. The van der Waals surface area contributed by atoms with Crippen molar-refractivity contribution in [2.24, 2.45) is 0 Å². The Morgan fingerprint density at radius 3 is 2.42 bits per heavy atom. The topological polar surface area (TPSA) is 58.2 Å². The van der Waals surface area contributed by atoms with E-state index in [9.17, 15) is 9.59 Å². The van der Waals surface area contributed by atoms with Crippen LogP contribution in [0.4, 0.5) is 0 Å². The number of carbonyl (C=O) groups excluding carboxylic acids is 2. The van der Waals surface area contributed by atoms with Crippen LogP contribution in [0.5, 0.6) is 0 Å². The van der Waals surface area contributed by atoms with Crippen molar-refractivity contribution in [2.45, 2.75) is 13.0 Å². The lowest BCUT2D eigenvalue weighted by molar-refractivity contribution is -0.127. The van der Waals surface area contributed by atoms with E-state index in [-0.39, 0.29) is 11.8 Å². The lowest BCUT2D eigenvalue weighted by Crippen LogP contribution is -2.46. The number of amides is 2. The fourth-order valence-electron chi connectivity index (χ4n) is 0.769. The normalized spacial score (nSPS) is 11.9. The summed E-state index contributed by atoms with van der Waals surface area (Å²) in [7, 11) is 1.55. The summed E-state index contributed by atoms with van der Waals surface area (Å²) in [5.41, 5.74) is 0. The summed E-state index contributed by atoms with van der Waals surface area (Å²) in [5, 5.41) is 5.05. The zero-order valence-electron chi connectivity index (χ0n) is 7.51. The van der Waals surface area contributed by atoms with E-state index in [0.717, 1.165) is 0 Å². The molecule has 0 bridgehead atoms. The molecule has 5 heteroatoms. The predicted octanol–water partition coefficient (Wildman–Crippen LogP) is -0.400. The summed E-state index contributed by atoms with van der Waals surface area (Å²) in [6.45, 7) is 1.40. The highest BCUT2D eigenvalue weighted by atomic mass is 32.2. The van der Waals surface area contributed by atoms with Gasteiger partial charge in [0, 0.05) is 19.7 Å². The molecule has 0 aromatic rings. The Kier molecular flexibility index (Phi) is 5.53. The first kappa shape index (κ1) is 11.3. The van der Waals surface area contributed by atoms with E-state index >= 15 is 0 Å². The van der Waals surface area contributed by atoms with Crippen LogP contribution in [0.3, 0.4) is 0 Å². The summed E-state index contributed by atoms with van der Waals surface area (Å²) >= 11 is 1.52. The van der Waals surface area contributed by atoms with Crippen molar-refractivity contribution in [3.8, 4) is 0 Å². The van der Waals surface area contributed by atoms with Gasteiger partial charge in [0.25, 0.3) is 0 Å². The smallest absolute Gasteiger partial charge is 0.243 e. The second-order valence-corrected chi connectivity index (χ2v) is 3.23. The largest absolute Gasteiger partial charge is 0.357 e. The van der Waals surface area contributed by atoms with E-state index in [4.69, 9.17) is 0 Å². The Hall–Kier alpha value is -0.710. The average molecular weight is 190 g/mol. The molecular formula is C7H14N2O2S. The van der Waals surface area contributed by atoms with Crippen LogP contribution in [-0.4, -0.2) is 36.9 Å². The zero-order valence-corrected chi connectivity index (χ0v) is 8.33. The van der Waals surface area contributed by atoms with Gasteiger partial charge >= 0.3 is 0 Å². The average Bonchev–Trinajstić information content (AvgIpc) is 2.01. The molecule has 70 valence electrons. The molecule has 0 aromatic heterocycles. The van der Waals surface area contributed by atoms with E-state index < -0.39 is 6.04 Å². The Morgan fingerprint density at radius 1 is 1.50 bits per heavy atom. The van der Waals surface area contributed by atoms with E-state index in [1.807, 2.05) is 6.26 Å². The van der Waals surface area contributed by atoms with E-state index in [2.05, 4.69) is 10.6 Å². The highest BCUT2D eigenvalue weighted by Gasteiger charge is 2.16. The van der Waals surface area contributed by atoms with Gasteiger partial charge in [0.15, 0.2) is 0 Å². The predicted molar refractivity (Wildman–Crippen MR) is 50.1 cm³/mol. The molecule has 0 aliphatic rings. The number of nitrogens with one attached hydrogen (secondary N) is 2. The van der Waals surface area contributed by atoms with Gasteiger partial charge in [0.05, 0.1) is 0 Å². The Morgan fingerprint density at radius 2 is 2.08 bits per heavy atom. The SMILES string of the molecule is CNC(=O)[C@H](CSC)NC(C)=O. The van der Waals surface area contributed by atoms with E-state index in [1.54, 1.807) is 7.05 Å². The molecule has 0 aliphatic carbocycles. The molecule has 0 aliphatic heterocycles. The minimum Gasteiger partial charge on any atom is -0.357 e. The lowest BCUT2D eigenvalue weighted by Gasteiger charge is -2.14.